The van der Waals surface area contributed by atoms with Gasteiger partial charge in [-0.3, -0.25) is 4.90 Å². The molecule has 0 bridgehead atoms. The van der Waals surface area contributed by atoms with Gasteiger partial charge in [0.1, 0.15) is 0 Å². The average Bonchev–Trinajstić information content (AvgIpc) is 2.85. The summed E-state index contributed by atoms with van der Waals surface area (Å²) >= 11 is 0. The van der Waals surface area contributed by atoms with E-state index in [1.807, 2.05) is 0 Å². The van der Waals surface area contributed by atoms with Gasteiger partial charge < -0.3 is 5.73 Å². The molecule has 1 saturated carbocycles. The van der Waals surface area contributed by atoms with Crippen molar-refractivity contribution in [2.75, 3.05) is 19.6 Å². The van der Waals surface area contributed by atoms with Crippen LogP contribution in [0.3, 0.4) is 0 Å². The van der Waals surface area contributed by atoms with E-state index in [0.717, 1.165) is 37.3 Å². The first-order valence-corrected chi connectivity index (χ1v) is 6.82. The molecule has 1 saturated heterocycles. The Labute approximate surface area is 104 Å². The van der Waals surface area contributed by atoms with E-state index in [1.165, 1.54) is 24.2 Å². The maximum Gasteiger partial charge on any atom is 0.0233 e. The number of likely N-dealkylation sites (tertiary alicyclic amines) is 1. The fourth-order valence-electron chi connectivity index (χ4n) is 3.35. The van der Waals surface area contributed by atoms with Gasteiger partial charge in [-0.05, 0) is 41.8 Å². The van der Waals surface area contributed by atoms with Crippen LogP contribution >= 0.6 is 0 Å². The van der Waals surface area contributed by atoms with Gasteiger partial charge in [0.25, 0.3) is 0 Å². The van der Waals surface area contributed by atoms with Gasteiger partial charge >= 0.3 is 0 Å². The fraction of sp³-hybridized carbons (Fsp3) is 0.600. The molecule has 2 nitrogen and oxygen atoms in total. The Morgan fingerprint density at radius 1 is 1.12 bits per heavy atom. The third kappa shape index (κ3) is 2.12. The Hall–Kier alpha value is -0.860. The summed E-state index contributed by atoms with van der Waals surface area (Å²) in [7, 11) is 0. The van der Waals surface area contributed by atoms with Gasteiger partial charge in [-0.15, -0.1) is 0 Å². The summed E-state index contributed by atoms with van der Waals surface area (Å²) in [6.45, 7) is 6.75. The monoisotopic (exact) mass is 230 g/mol. The van der Waals surface area contributed by atoms with Crippen LogP contribution in [-0.2, 0) is 13.0 Å². The molecule has 0 amide bonds. The van der Waals surface area contributed by atoms with Crippen LogP contribution < -0.4 is 5.73 Å². The molecule has 2 N–H and O–H groups in total. The third-order valence-corrected chi connectivity index (χ3v) is 4.56. The highest BCUT2D eigenvalue weighted by Crippen LogP contribution is 2.51. The van der Waals surface area contributed by atoms with E-state index in [-0.39, 0.29) is 0 Å². The first kappa shape index (κ1) is 11.2. The highest BCUT2D eigenvalue weighted by molar-refractivity contribution is 5.22. The summed E-state index contributed by atoms with van der Waals surface area (Å²) in [4.78, 5) is 2.59. The maximum atomic E-state index is 5.74. The summed E-state index contributed by atoms with van der Waals surface area (Å²) in [5, 5.41) is 0. The number of aryl methyl sites for hydroxylation is 1. The van der Waals surface area contributed by atoms with E-state index in [2.05, 4.69) is 36.1 Å². The first-order valence-electron chi connectivity index (χ1n) is 6.82. The average molecular weight is 230 g/mol. The number of nitrogens with zero attached hydrogens (tertiary/aromatic N) is 1. The van der Waals surface area contributed by atoms with Gasteiger partial charge in [0.2, 0.25) is 0 Å². The van der Waals surface area contributed by atoms with E-state index >= 15 is 0 Å². The number of nitrogens with two attached hydrogens (primary N) is 1. The van der Waals surface area contributed by atoms with Crippen LogP contribution in [0.1, 0.15) is 18.1 Å². The molecule has 17 heavy (non-hydrogen) atoms. The predicted octanol–water partition coefficient (Wildman–Crippen LogP) is 1.89. The molecule has 1 aromatic rings. The van der Waals surface area contributed by atoms with Gasteiger partial charge in [-0.1, -0.05) is 31.2 Å². The van der Waals surface area contributed by atoms with Crippen molar-refractivity contribution in [3.8, 4) is 0 Å². The highest BCUT2D eigenvalue weighted by atomic mass is 15.2. The highest BCUT2D eigenvalue weighted by Gasteiger charge is 2.54. The zero-order valence-corrected chi connectivity index (χ0v) is 10.6. The fourth-order valence-corrected chi connectivity index (χ4v) is 3.35. The van der Waals surface area contributed by atoms with Crippen molar-refractivity contribution < 1.29 is 0 Å². The van der Waals surface area contributed by atoms with Crippen molar-refractivity contribution in [2.24, 2.45) is 23.5 Å². The van der Waals surface area contributed by atoms with Crippen LogP contribution in [0.25, 0.3) is 0 Å². The zero-order chi connectivity index (χ0) is 11.8. The van der Waals surface area contributed by atoms with Gasteiger partial charge in [0.15, 0.2) is 0 Å². The smallest absolute Gasteiger partial charge is 0.0233 e. The van der Waals surface area contributed by atoms with Crippen molar-refractivity contribution in [3.63, 3.8) is 0 Å². The summed E-state index contributed by atoms with van der Waals surface area (Å²) in [6, 6.07) is 9.08. The minimum atomic E-state index is 0.841. The molecular formula is C15H22N2. The molecule has 2 aliphatic rings. The number of fused-ring (bicyclic) bond motifs is 1. The Kier molecular flexibility index (Phi) is 2.93. The Morgan fingerprint density at radius 3 is 2.24 bits per heavy atom. The lowest BCUT2D eigenvalue weighted by atomic mass is 10.1. The second-order valence-corrected chi connectivity index (χ2v) is 5.59. The lowest BCUT2D eigenvalue weighted by Crippen LogP contribution is -2.25. The maximum absolute atomic E-state index is 5.74. The van der Waals surface area contributed by atoms with E-state index in [9.17, 15) is 0 Å². The molecule has 3 atom stereocenters. The van der Waals surface area contributed by atoms with Crippen molar-refractivity contribution in [3.05, 3.63) is 35.4 Å². The second kappa shape index (κ2) is 4.43. The van der Waals surface area contributed by atoms with Crippen LogP contribution in [0.4, 0.5) is 0 Å². The summed E-state index contributed by atoms with van der Waals surface area (Å²) in [5.41, 5.74) is 8.62. The van der Waals surface area contributed by atoms with Crippen LogP contribution in [0.5, 0.6) is 0 Å². The van der Waals surface area contributed by atoms with Gasteiger partial charge in [-0.25, -0.2) is 0 Å². The molecule has 0 spiro atoms. The van der Waals surface area contributed by atoms with Crippen molar-refractivity contribution in [1.29, 1.82) is 0 Å². The summed E-state index contributed by atoms with van der Waals surface area (Å²) < 4.78 is 0. The van der Waals surface area contributed by atoms with Gasteiger partial charge in [-0.2, -0.15) is 0 Å². The number of benzene rings is 1. The zero-order valence-electron chi connectivity index (χ0n) is 10.6. The lowest BCUT2D eigenvalue weighted by molar-refractivity contribution is 0.279. The summed E-state index contributed by atoms with van der Waals surface area (Å²) in [6.07, 6.45) is 1.13. The summed E-state index contributed by atoms with van der Waals surface area (Å²) in [5.74, 6) is 2.67. The molecule has 2 fully saturated rings. The minimum absolute atomic E-state index is 0.841. The lowest BCUT2D eigenvalue weighted by Gasteiger charge is -2.19. The minimum Gasteiger partial charge on any atom is -0.330 e. The first-order chi connectivity index (χ1) is 8.31. The molecule has 1 unspecified atom stereocenters. The quantitative estimate of drug-likeness (QED) is 0.856. The standard InChI is InChI=1S/C15H22N2/c1-2-11-3-5-12(6-4-11)8-17-9-14-13(7-16)15(14)10-17/h3-6,13-15H,2,7-10,16H2,1H3/t13?,14-,15+. The molecule has 92 valence electrons. The molecular weight excluding hydrogens is 208 g/mol. The van der Waals surface area contributed by atoms with E-state index < -0.39 is 0 Å². The van der Waals surface area contributed by atoms with Crippen molar-refractivity contribution in [2.45, 2.75) is 19.9 Å². The molecule has 1 aromatic carbocycles. The molecule has 1 aliphatic carbocycles. The van der Waals surface area contributed by atoms with Gasteiger partial charge in [0.05, 0.1) is 0 Å². The molecule has 3 rings (SSSR count). The van der Waals surface area contributed by atoms with Crippen LogP contribution in [0.15, 0.2) is 24.3 Å². The normalized spacial score (nSPS) is 31.5. The topological polar surface area (TPSA) is 29.3 Å². The van der Waals surface area contributed by atoms with Crippen LogP contribution in [0, 0.1) is 17.8 Å². The van der Waals surface area contributed by atoms with Crippen LogP contribution in [0.2, 0.25) is 0 Å². The SMILES string of the molecule is CCc1ccc(CN2C[C@@H]3C(CN)[C@@H]3C2)cc1. The molecule has 2 heteroatoms. The predicted molar refractivity (Wildman–Crippen MR) is 70.6 cm³/mol. The van der Waals surface area contributed by atoms with Crippen LogP contribution in [-0.4, -0.2) is 24.5 Å². The largest absolute Gasteiger partial charge is 0.330 e. The van der Waals surface area contributed by atoms with E-state index in [4.69, 9.17) is 5.73 Å². The van der Waals surface area contributed by atoms with Gasteiger partial charge in [0, 0.05) is 19.6 Å². The number of rotatable bonds is 4. The van der Waals surface area contributed by atoms with E-state index in [1.54, 1.807) is 0 Å². The molecule has 1 heterocycles. The molecule has 0 aromatic heterocycles. The molecule has 1 aliphatic heterocycles. The van der Waals surface area contributed by atoms with Crippen molar-refractivity contribution >= 4 is 0 Å². The van der Waals surface area contributed by atoms with E-state index in [0.29, 0.717) is 0 Å². The number of piperidine rings is 1. The number of hydrogen-bond acceptors (Lipinski definition) is 2. The Bertz CT molecular complexity index is 372. The third-order valence-electron chi connectivity index (χ3n) is 4.56. The molecule has 0 radical (unpaired) electrons. The number of hydrogen-bond donors (Lipinski definition) is 1. The Balaban J connectivity index is 1.55. The van der Waals surface area contributed by atoms with Crippen molar-refractivity contribution in [1.82, 2.24) is 4.90 Å². The Morgan fingerprint density at radius 2 is 1.71 bits per heavy atom. The second-order valence-electron chi connectivity index (χ2n) is 5.59.